The van der Waals surface area contributed by atoms with Gasteiger partial charge in [-0.05, 0) is 0 Å². The average molecular weight is 239 g/mol. The van der Waals surface area contributed by atoms with Crippen molar-refractivity contribution in [3.05, 3.63) is 0 Å². The van der Waals surface area contributed by atoms with E-state index in [0.29, 0.717) is 5.71 Å². The van der Waals surface area contributed by atoms with Crippen LogP contribution < -0.4 is 16.9 Å². The van der Waals surface area contributed by atoms with Crippen molar-refractivity contribution < 1.29 is 4.74 Å². The van der Waals surface area contributed by atoms with Gasteiger partial charge in [0.15, 0.2) is 17.4 Å². The molecule has 0 saturated carbocycles. The van der Waals surface area contributed by atoms with Gasteiger partial charge < -0.3 is 21.6 Å². The van der Waals surface area contributed by atoms with Gasteiger partial charge in [-0.25, -0.2) is 0 Å². The highest BCUT2D eigenvalue weighted by molar-refractivity contribution is 6.68. The molecular weight excluding hydrogens is 222 g/mol. The summed E-state index contributed by atoms with van der Waals surface area (Å²) < 4.78 is 5.26. The summed E-state index contributed by atoms with van der Waals surface area (Å²) in [5, 5.41) is 11.3. The number of morpholine rings is 1. The summed E-state index contributed by atoms with van der Waals surface area (Å²) >= 11 is 0. The van der Waals surface area contributed by atoms with Gasteiger partial charge in [0.1, 0.15) is 0 Å². The van der Waals surface area contributed by atoms with E-state index < -0.39 is 0 Å². The molecule has 0 aromatic rings. The Morgan fingerprint density at radius 3 is 2.53 bits per heavy atom. The Morgan fingerprint density at radius 2 is 1.88 bits per heavy atom. The first-order chi connectivity index (χ1) is 8.27. The van der Waals surface area contributed by atoms with Crippen LogP contribution in [0.1, 0.15) is 0 Å². The van der Waals surface area contributed by atoms with Gasteiger partial charge in [0.2, 0.25) is 0 Å². The normalized spacial score (nSPS) is 21.1. The molecule has 0 aromatic carbocycles. The van der Waals surface area contributed by atoms with Crippen molar-refractivity contribution in [2.75, 3.05) is 39.4 Å². The van der Waals surface area contributed by atoms with Crippen LogP contribution in [0.5, 0.6) is 0 Å². The molecule has 2 aliphatic rings. The molecule has 2 heterocycles. The summed E-state index contributed by atoms with van der Waals surface area (Å²) in [5.74, 6) is 0.503. The van der Waals surface area contributed by atoms with Crippen LogP contribution in [0.25, 0.3) is 0 Å². The van der Waals surface area contributed by atoms with Crippen LogP contribution in [0.4, 0.5) is 0 Å². The van der Waals surface area contributed by atoms with E-state index in [1.807, 2.05) is 0 Å². The fraction of sp³-hybridized carbons (Fsp3) is 0.667. The monoisotopic (exact) mass is 239 g/mol. The molecule has 5 N–H and O–H groups in total. The molecule has 0 spiro atoms. The predicted octanol–water partition coefficient (Wildman–Crippen LogP) is -2.09. The first-order valence-corrected chi connectivity index (χ1v) is 5.55. The summed E-state index contributed by atoms with van der Waals surface area (Å²) in [7, 11) is 0. The van der Waals surface area contributed by atoms with Gasteiger partial charge >= 0.3 is 0 Å². The van der Waals surface area contributed by atoms with Crippen molar-refractivity contribution in [1.29, 1.82) is 0 Å². The van der Waals surface area contributed by atoms with E-state index in [-0.39, 0.29) is 11.7 Å². The van der Waals surface area contributed by atoms with E-state index in [4.69, 9.17) is 16.2 Å². The number of hydrogen-bond acceptors (Lipinski definition) is 8. The maximum atomic E-state index is 5.55. The van der Waals surface area contributed by atoms with E-state index in [9.17, 15) is 0 Å². The van der Waals surface area contributed by atoms with Crippen LogP contribution in [0.15, 0.2) is 15.3 Å². The second-order valence-corrected chi connectivity index (χ2v) is 3.79. The molecule has 17 heavy (non-hydrogen) atoms. The molecule has 0 amide bonds. The van der Waals surface area contributed by atoms with E-state index in [1.165, 1.54) is 0 Å². The molecule has 0 unspecified atom stereocenters. The van der Waals surface area contributed by atoms with Crippen LogP contribution >= 0.6 is 0 Å². The van der Waals surface area contributed by atoms with Crippen LogP contribution in [0.2, 0.25) is 0 Å². The van der Waals surface area contributed by atoms with E-state index >= 15 is 0 Å². The standard InChI is InChI=1S/C9H17N7O/c10-8-7(9(11)15-14-8)13-12-1-2-16-3-5-17-6-4-16/h12H,1-6H2,(H4,10,11,13,14,15). The molecule has 0 aromatic heterocycles. The Hall–Kier alpha value is -1.67. The molecule has 94 valence electrons. The largest absolute Gasteiger partial charge is 0.380 e. The summed E-state index contributed by atoms with van der Waals surface area (Å²) in [6, 6.07) is 0. The molecule has 0 aliphatic carbocycles. The van der Waals surface area contributed by atoms with Gasteiger partial charge in [-0.15, -0.1) is 10.2 Å². The number of hydrogen-bond donors (Lipinski definition) is 3. The van der Waals surface area contributed by atoms with Gasteiger partial charge in [0, 0.05) is 26.2 Å². The SMILES string of the molecule is NC1=NN=C(N)C1=NNCCN1CCOCC1. The molecule has 0 bridgehead atoms. The van der Waals surface area contributed by atoms with Gasteiger partial charge in [-0.1, -0.05) is 0 Å². The number of amidine groups is 2. The molecular formula is C9H17N7O. The Kier molecular flexibility index (Phi) is 3.89. The molecule has 0 radical (unpaired) electrons. The lowest BCUT2D eigenvalue weighted by Crippen LogP contribution is -2.40. The first kappa shape index (κ1) is 11.8. The zero-order chi connectivity index (χ0) is 12.1. The van der Waals surface area contributed by atoms with Gasteiger partial charge in [0.05, 0.1) is 13.2 Å². The fourth-order valence-corrected chi connectivity index (χ4v) is 1.62. The van der Waals surface area contributed by atoms with Gasteiger partial charge in [-0.2, -0.15) is 5.10 Å². The zero-order valence-electron chi connectivity index (χ0n) is 9.59. The van der Waals surface area contributed by atoms with Crippen molar-refractivity contribution >= 4 is 17.4 Å². The van der Waals surface area contributed by atoms with Crippen molar-refractivity contribution in [1.82, 2.24) is 10.3 Å². The topological polar surface area (TPSA) is 114 Å². The van der Waals surface area contributed by atoms with Crippen molar-refractivity contribution in [3.8, 4) is 0 Å². The number of ether oxygens (including phenoxy) is 1. The minimum Gasteiger partial charge on any atom is -0.380 e. The maximum Gasteiger partial charge on any atom is 0.177 e. The molecule has 8 nitrogen and oxygen atoms in total. The Labute approximate surface area is 99.4 Å². The minimum atomic E-state index is 0.251. The highest BCUT2D eigenvalue weighted by Crippen LogP contribution is 1.95. The van der Waals surface area contributed by atoms with Crippen molar-refractivity contribution in [2.45, 2.75) is 0 Å². The number of nitrogens with zero attached hydrogens (tertiary/aromatic N) is 4. The molecule has 2 aliphatic heterocycles. The Morgan fingerprint density at radius 1 is 1.24 bits per heavy atom. The highest BCUT2D eigenvalue weighted by Gasteiger charge is 2.16. The molecule has 0 atom stereocenters. The van der Waals surface area contributed by atoms with E-state index in [1.54, 1.807) is 0 Å². The first-order valence-electron chi connectivity index (χ1n) is 5.55. The predicted molar refractivity (Wildman–Crippen MR) is 65.9 cm³/mol. The zero-order valence-corrected chi connectivity index (χ0v) is 9.59. The molecule has 8 heteroatoms. The van der Waals surface area contributed by atoms with Gasteiger partial charge in [-0.3, -0.25) is 4.90 Å². The fourth-order valence-electron chi connectivity index (χ4n) is 1.62. The average Bonchev–Trinajstić information content (AvgIpc) is 2.67. The second-order valence-electron chi connectivity index (χ2n) is 3.79. The van der Waals surface area contributed by atoms with Crippen LogP contribution in [-0.2, 0) is 4.74 Å². The number of nitrogens with one attached hydrogen (secondary N) is 1. The lowest BCUT2D eigenvalue weighted by molar-refractivity contribution is 0.0385. The third kappa shape index (κ3) is 3.14. The summed E-state index contributed by atoms with van der Waals surface area (Å²) in [5.41, 5.74) is 14.4. The summed E-state index contributed by atoms with van der Waals surface area (Å²) in [6.45, 7) is 5.16. The van der Waals surface area contributed by atoms with E-state index in [2.05, 4.69) is 25.6 Å². The van der Waals surface area contributed by atoms with Crippen LogP contribution in [0.3, 0.4) is 0 Å². The van der Waals surface area contributed by atoms with Crippen LogP contribution in [0, 0.1) is 0 Å². The lowest BCUT2D eigenvalue weighted by Gasteiger charge is -2.26. The number of hydrazone groups is 1. The smallest absolute Gasteiger partial charge is 0.177 e. The van der Waals surface area contributed by atoms with Crippen molar-refractivity contribution in [3.63, 3.8) is 0 Å². The third-order valence-electron chi connectivity index (χ3n) is 2.59. The summed E-state index contributed by atoms with van der Waals surface area (Å²) in [4.78, 5) is 2.31. The van der Waals surface area contributed by atoms with Gasteiger partial charge in [0.25, 0.3) is 0 Å². The quantitative estimate of drug-likeness (QED) is 0.384. The number of rotatable bonds is 4. The number of nitrogens with two attached hydrogens (primary N) is 2. The van der Waals surface area contributed by atoms with Crippen molar-refractivity contribution in [2.24, 2.45) is 26.8 Å². The molecule has 1 saturated heterocycles. The molecule has 2 rings (SSSR count). The molecule has 1 fully saturated rings. The minimum absolute atomic E-state index is 0.251. The van der Waals surface area contributed by atoms with E-state index in [0.717, 1.165) is 39.4 Å². The Bertz CT molecular complexity index is 336. The second kappa shape index (κ2) is 5.60. The lowest BCUT2D eigenvalue weighted by atomic mass is 10.3. The maximum absolute atomic E-state index is 5.55. The van der Waals surface area contributed by atoms with Crippen LogP contribution in [-0.4, -0.2) is 61.7 Å². The summed E-state index contributed by atoms with van der Waals surface area (Å²) in [6.07, 6.45) is 0. The third-order valence-corrected chi connectivity index (χ3v) is 2.59. The Balaban J connectivity index is 1.70. The highest BCUT2D eigenvalue weighted by atomic mass is 16.5.